The molecule has 0 aromatic carbocycles. The number of hydrogen-bond acceptors (Lipinski definition) is 0. The quantitative estimate of drug-likeness (QED) is 0.410. The zero-order valence-electron chi connectivity index (χ0n) is 9.28. The summed E-state index contributed by atoms with van der Waals surface area (Å²) in [5, 5.41) is 0. The molecular formula is C11H21Ti. The molecule has 0 aliphatic heterocycles. The summed E-state index contributed by atoms with van der Waals surface area (Å²) in [5.41, 5.74) is 4.49. The van der Waals surface area contributed by atoms with Gasteiger partial charge in [-0.15, -0.1) is 0 Å². The van der Waals surface area contributed by atoms with Crippen LogP contribution in [0.15, 0.2) is 22.8 Å². The third kappa shape index (κ3) is 5.80. The van der Waals surface area contributed by atoms with Gasteiger partial charge in [0.05, 0.1) is 0 Å². The van der Waals surface area contributed by atoms with Crippen LogP contribution in [-0.2, 0) is 21.7 Å². The van der Waals surface area contributed by atoms with Gasteiger partial charge in [-0.25, -0.2) is 0 Å². The summed E-state index contributed by atoms with van der Waals surface area (Å²) in [5.74, 6) is 0. The van der Waals surface area contributed by atoms with Crippen molar-refractivity contribution in [1.29, 1.82) is 0 Å². The second kappa shape index (κ2) is 9.28. The van der Waals surface area contributed by atoms with Crippen molar-refractivity contribution in [2.24, 2.45) is 0 Å². The van der Waals surface area contributed by atoms with E-state index in [-0.39, 0.29) is 44.0 Å². The van der Waals surface area contributed by atoms with E-state index in [9.17, 15) is 0 Å². The molecule has 0 N–H and O–H groups in total. The molecule has 0 aromatic rings. The van der Waals surface area contributed by atoms with E-state index in [1.165, 1.54) is 23.1 Å². The maximum atomic E-state index is 2.26. The fraction of sp³-hybridized carbons (Fsp3) is 0.364. The van der Waals surface area contributed by atoms with Gasteiger partial charge in [0.1, 0.15) is 0 Å². The van der Waals surface area contributed by atoms with Gasteiger partial charge in [0.15, 0.2) is 0 Å². The Balaban J connectivity index is -0.0000000800. The van der Waals surface area contributed by atoms with Crippen LogP contribution in [-0.4, -0.2) is 0 Å². The van der Waals surface area contributed by atoms with Crippen LogP contribution in [0, 0.1) is 22.3 Å². The maximum Gasteiger partial charge on any atom is 3.00 e. The summed E-state index contributed by atoms with van der Waals surface area (Å²) in [4.78, 5) is 0. The first kappa shape index (κ1) is 22.8. The summed E-state index contributed by atoms with van der Waals surface area (Å²) in [7, 11) is 0. The van der Waals surface area contributed by atoms with Crippen LogP contribution < -0.4 is 0 Å². The minimum Gasteiger partial charge on any atom is -0.358 e. The zero-order chi connectivity index (χ0) is 6.15. The summed E-state index contributed by atoms with van der Waals surface area (Å²) >= 11 is 0. The molecule has 0 saturated carbocycles. The van der Waals surface area contributed by atoms with Gasteiger partial charge in [0.25, 0.3) is 0 Å². The van der Waals surface area contributed by atoms with Gasteiger partial charge in [-0.05, 0) is 27.2 Å². The van der Waals surface area contributed by atoms with Gasteiger partial charge in [-0.3, -0.25) is 0 Å². The summed E-state index contributed by atoms with van der Waals surface area (Å²) in [6, 6.07) is 0. The van der Waals surface area contributed by atoms with Crippen LogP contribution in [0.25, 0.3) is 0 Å². The Morgan fingerprint density at radius 2 is 1.42 bits per heavy atom. The third-order valence-electron chi connectivity index (χ3n) is 1.68. The van der Waals surface area contributed by atoms with Gasteiger partial charge in [-0.2, -0.15) is 0 Å². The standard InChI is InChI=1S/C8H12.3CH3.Ti/c1-6-4-7(2)8(3)5-6;;;;/h4H,5H2,1-3H3;3*1H3;/q;3*-1;+3. The van der Waals surface area contributed by atoms with Crippen molar-refractivity contribution in [2.45, 2.75) is 27.2 Å². The van der Waals surface area contributed by atoms with Crippen molar-refractivity contribution in [3.63, 3.8) is 0 Å². The molecule has 0 aromatic heterocycles. The van der Waals surface area contributed by atoms with E-state index in [0.717, 1.165) is 0 Å². The van der Waals surface area contributed by atoms with Crippen molar-refractivity contribution in [1.82, 2.24) is 0 Å². The first-order valence-corrected chi connectivity index (χ1v) is 3.03. The fourth-order valence-electron chi connectivity index (χ4n) is 1.10. The minimum atomic E-state index is 0. The molecule has 0 unspecified atom stereocenters. The molecule has 0 bridgehead atoms. The number of rotatable bonds is 0. The van der Waals surface area contributed by atoms with Gasteiger partial charge in [0.2, 0.25) is 0 Å². The average Bonchev–Trinajstić information content (AvgIpc) is 1.85. The number of allylic oxidation sites excluding steroid dienone is 4. The van der Waals surface area contributed by atoms with Crippen molar-refractivity contribution in [3.8, 4) is 0 Å². The average molecular weight is 201 g/mol. The Morgan fingerprint density at radius 3 is 1.50 bits per heavy atom. The second-order valence-corrected chi connectivity index (χ2v) is 2.63. The zero-order valence-corrected chi connectivity index (χ0v) is 10.8. The van der Waals surface area contributed by atoms with E-state index in [1.807, 2.05) is 0 Å². The molecular weight excluding hydrogens is 180 g/mol. The van der Waals surface area contributed by atoms with Gasteiger partial charge < -0.3 is 22.3 Å². The molecule has 0 atom stereocenters. The molecule has 0 saturated heterocycles. The van der Waals surface area contributed by atoms with Gasteiger partial charge >= 0.3 is 21.7 Å². The molecule has 1 heteroatoms. The van der Waals surface area contributed by atoms with Crippen LogP contribution in [0.2, 0.25) is 0 Å². The van der Waals surface area contributed by atoms with E-state index in [4.69, 9.17) is 0 Å². The van der Waals surface area contributed by atoms with Crippen LogP contribution >= 0.6 is 0 Å². The number of hydrogen-bond donors (Lipinski definition) is 0. The predicted molar refractivity (Wildman–Crippen MR) is 56.0 cm³/mol. The Kier molecular flexibility index (Phi) is 17.6. The van der Waals surface area contributed by atoms with E-state index >= 15 is 0 Å². The Labute approximate surface area is 94.0 Å². The fourth-order valence-corrected chi connectivity index (χ4v) is 1.10. The minimum absolute atomic E-state index is 0. The van der Waals surface area contributed by atoms with Crippen LogP contribution in [0.4, 0.5) is 0 Å². The Hall–Kier alpha value is 0.194. The topological polar surface area (TPSA) is 0 Å². The summed E-state index contributed by atoms with van der Waals surface area (Å²) < 4.78 is 0. The summed E-state index contributed by atoms with van der Waals surface area (Å²) in [6.45, 7) is 6.55. The monoisotopic (exact) mass is 201 g/mol. The predicted octanol–water partition coefficient (Wildman–Crippen LogP) is 4.02. The molecule has 12 heavy (non-hydrogen) atoms. The first-order chi connectivity index (χ1) is 3.70. The van der Waals surface area contributed by atoms with Crippen LogP contribution in [0.1, 0.15) is 27.2 Å². The molecule has 0 heterocycles. The molecule has 0 fully saturated rings. The molecule has 1 radical (unpaired) electrons. The van der Waals surface area contributed by atoms with E-state index < -0.39 is 0 Å². The second-order valence-electron chi connectivity index (χ2n) is 2.63. The Morgan fingerprint density at radius 1 is 1.00 bits per heavy atom. The van der Waals surface area contributed by atoms with Gasteiger partial charge in [-0.1, -0.05) is 22.8 Å². The van der Waals surface area contributed by atoms with E-state index in [0.29, 0.717) is 0 Å². The molecule has 0 amide bonds. The SMILES string of the molecule is CC1=CC(C)=C(C)C1.[CH3-].[CH3-].[CH3-].[Ti+3]. The Bertz CT molecular complexity index is 164. The first-order valence-electron chi connectivity index (χ1n) is 3.03. The largest absolute Gasteiger partial charge is 3.00 e. The van der Waals surface area contributed by atoms with Gasteiger partial charge in [0, 0.05) is 0 Å². The van der Waals surface area contributed by atoms with E-state index in [2.05, 4.69) is 26.8 Å². The maximum absolute atomic E-state index is 2.26. The smallest absolute Gasteiger partial charge is 0.358 e. The normalized spacial score (nSPS) is 13.1. The van der Waals surface area contributed by atoms with Crippen molar-refractivity contribution < 1.29 is 21.7 Å². The molecule has 0 nitrogen and oxygen atoms in total. The molecule has 1 rings (SSSR count). The van der Waals surface area contributed by atoms with Crippen molar-refractivity contribution >= 4 is 0 Å². The van der Waals surface area contributed by atoms with Crippen LogP contribution in [0.5, 0.6) is 0 Å². The molecule has 1 aliphatic rings. The third-order valence-corrected chi connectivity index (χ3v) is 1.68. The summed E-state index contributed by atoms with van der Waals surface area (Å²) in [6.07, 6.45) is 3.46. The van der Waals surface area contributed by atoms with Crippen molar-refractivity contribution in [2.75, 3.05) is 0 Å². The molecule has 0 spiro atoms. The van der Waals surface area contributed by atoms with E-state index in [1.54, 1.807) is 0 Å². The molecule has 1 aliphatic carbocycles. The van der Waals surface area contributed by atoms with Crippen LogP contribution in [0.3, 0.4) is 0 Å². The van der Waals surface area contributed by atoms with Crippen molar-refractivity contribution in [3.05, 3.63) is 45.1 Å². The molecule has 69 valence electrons.